The number of carbonyl (C=O) groups excluding carboxylic acids is 1. The molecule has 212 valence electrons. The van der Waals surface area contributed by atoms with Crippen molar-refractivity contribution in [2.24, 2.45) is 0 Å². The van der Waals surface area contributed by atoms with Crippen molar-refractivity contribution in [1.29, 1.82) is 0 Å². The highest BCUT2D eigenvalue weighted by Crippen LogP contribution is 2.36. The number of esters is 1. The molecule has 0 N–H and O–H groups in total. The maximum Gasteiger partial charge on any atom is 0.330 e. The number of ether oxygens (including phenoxy) is 3. The van der Waals surface area contributed by atoms with E-state index in [9.17, 15) is 4.79 Å². The van der Waals surface area contributed by atoms with Gasteiger partial charge in [-0.05, 0) is 44.7 Å². The summed E-state index contributed by atoms with van der Waals surface area (Å²) in [7, 11) is -2.37. The van der Waals surface area contributed by atoms with Gasteiger partial charge in [-0.3, -0.25) is 0 Å². The second-order valence-corrected chi connectivity index (χ2v) is 24.0. The van der Waals surface area contributed by atoms with Crippen LogP contribution in [0.5, 0.6) is 0 Å². The quantitative estimate of drug-likeness (QED) is 0.0881. The lowest BCUT2D eigenvalue weighted by atomic mass is 9.83. The lowest BCUT2D eigenvalue weighted by molar-refractivity contribution is -0.137. The molecule has 0 amide bonds. The lowest BCUT2D eigenvalue weighted by Gasteiger charge is -2.28. The smallest absolute Gasteiger partial charge is 0.330 e. The van der Waals surface area contributed by atoms with Gasteiger partial charge in [0.1, 0.15) is 19.3 Å². The van der Waals surface area contributed by atoms with Gasteiger partial charge in [0.25, 0.3) is 0 Å². The number of hydrogen-bond donors (Lipinski definition) is 0. The van der Waals surface area contributed by atoms with E-state index >= 15 is 0 Å². The van der Waals surface area contributed by atoms with Gasteiger partial charge < -0.3 is 19.1 Å². The molecule has 1 aliphatic carbocycles. The normalized spacial score (nSPS) is 17.8. The predicted octanol–water partition coefficient (Wildman–Crippen LogP) is 6.31. The number of anilines is 1. The fraction of sp³-hybridized carbons (Fsp3) is 0.679. The van der Waals surface area contributed by atoms with Gasteiger partial charge in [0.15, 0.2) is 5.65 Å². The van der Waals surface area contributed by atoms with Crippen molar-refractivity contribution in [1.82, 2.24) is 14.6 Å². The highest BCUT2D eigenvalue weighted by atomic mass is 28.3. The van der Waals surface area contributed by atoms with Crippen LogP contribution in [0.4, 0.5) is 5.82 Å². The van der Waals surface area contributed by atoms with Gasteiger partial charge in [0, 0.05) is 59.2 Å². The summed E-state index contributed by atoms with van der Waals surface area (Å²) in [6, 6.07) is 6.32. The summed E-state index contributed by atoms with van der Waals surface area (Å²) in [6.45, 7) is 18.8. The van der Waals surface area contributed by atoms with E-state index in [-0.39, 0.29) is 11.9 Å². The van der Waals surface area contributed by atoms with Crippen molar-refractivity contribution >= 4 is 33.6 Å². The monoisotopic (exact) mass is 560 g/mol. The highest BCUT2D eigenvalue weighted by Gasteiger charge is 2.24. The second kappa shape index (κ2) is 13.9. The number of carbonyl (C=O) groups is 1. The van der Waals surface area contributed by atoms with E-state index in [1.165, 1.54) is 0 Å². The van der Waals surface area contributed by atoms with E-state index in [0.717, 1.165) is 73.7 Å². The Kier molecular flexibility index (Phi) is 11.1. The Morgan fingerprint density at radius 2 is 1.76 bits per heavy atom. The summed E-state index contributed by atoms with van der Waals surface area (Å²) in [6.07, 6.45) is 7.28. The fourth-order valence-corrected chi connectivity index (χ4v) is 5.97. The zero-order valence-electron chi connectivity index (χ0n) is 24.6. The third-order valence-corrected chi connectivity index (χ3v) is 10.2. The molecule has 38 heavy (non-hydrogen) atoms. The summed E-state index contributed by atoms with van der Waals surface area (Å²) in [4.78, 5) is 19.2. The minimum atomic E-state index is -1.18. The molecule has 1 aliphatic rings. The third kappa shape index (κ3) is 9.94. The minimum absolute atomic E-state index is 0.241. The average molecular weight is 561 g/mol. The van der Waals surface area contributed by atoms with Gasteiger partial charge in [-0.1, -0.05) is 44.9 Å². The minimum Gasteiger partial charge on any atom is -0.463 e. The van der Waals surface area contributed by atoms with Crippen LogP contribution in [0.3, 0.4) is 0 Å². The maximum absolute atomic E-state index is 12.1. The van der Waals surface area contributed by atoms with Gasteiger partial charge in [0.2, 0.25) is 0 Å². The Labute approximate surface area is 230 Å². The number of aromatic nitrogens is 3. The summed E-state index contributed by atoms with van der Waals surface area (Å²) in [5, 5.41) is 4.58. The topological polar surface area (TPSA) is 78.2 Å². The average Bonchev–Trinajstić information content (AvgIpc) is 3.30. The molecule has 1 fully saturated rings. The largest absolute Gasteiger partial charge is 0.463 e. The standard InChI is InChI=1S/C28H48N4O4Si2/c1-8-36-28(33)19-23-10-9-11-24(18-23)25-20-27(32-26(30-25)12-13-29-32)31(21-34-14-16-37(2,3)4)22-35-15-17-38(5,6)7/h12-13,19-20,24H,8-11,14-18,21-22H2,1-7H3. The van der Waals surface area contributed by atoms with Gasteiger partial charge in [-0.2, -0.15) is 9.61 Å². The van der Waals surface area contributed by atoms with Crippen molar-refractivity contribution in [3.63, 3.8) is 0 Å². The van der Waals surface area contributed by atoms with Gasteiger partial charge in [-0.25, -0.2) is 9.78 Å². The molecule has 0 aromatic carbocycles. The predicted molar refractivity (Wildman–Crippen MR) is 159 cm³/mol. The molecule has 2 heterocycles. The molecule has 1 saturated carbocycles. The Balaban J connectivity index is 1.83. The number of allylic oxidation sites excluding steroid dienone is 1. The first-order chi connectivity index (χ1) is 17.9. The van der Waals surface area contributed by atoms with Crippen LogP contribution >= 0.6 is 0 Å². The van der Waals surface area contributed by atoms with E-state index in [1.54, 1.807) is 12.3 Å². The summed E-state index contributed by atoms with van der Waals surface area (Å²) >= 11 is 0. The molecule has 0 saturated heterocycles. The van der Waals surface area contributed by atoms with E-state index in [0.29, 0.717) is 20.1 Å². The van der Waals surface area contributed by atoms with Crippen molar-refractivity contribution in [2.75, 3.05) is 38.2 Å². The summed E-state index contributed by atoms with van der Waals surface area (Å²) in [5.41, 5.74) is 2.97. The Bertz CT molecular complexity index is 1050. The zero-order valence-corrected chi connectivity index (χ0v) is 26.6. The first-order valence-corrected chi connectivity index (χ1v) is 21.5. The lowest BCUT2D eigenvalue weighted by Crippen LogP contribution is -2.33. The molecule has 0 aliphatic heterocycles. The Hall–Kier alpha value is -2.02. The summed E-state index contributed by atoms with van der Waals surface area (Å²) < 4.78 is 19.4. The van der Waals surface area contributed by atoms with Crippen LogP contribution in [-0.4, -0.2) is 70.0 Å². The van der Waals surface area contributed by atoms with Gasteiger partial charge in [-0.15, -0.1) is 0 Å². The van der Waals surface area contributed by atoms with Crippen molar-refractivity contribution in [3.8, 4) is 0 Å². The van der Waals surface area contributed by atoms with Crippen LogP contribution in [0.25, 0.3) is 5.65 Å². The van der Waals surface area contributed by atoms with Crippen LogP contribution in [-0.2, 0) is 19.0 Å². The summed E-state index contributed by atoms with van der Waals surface area (Å²) in [5.74, 6) is 0.920. The van der Waals surface area contributed by atoms with Crippen LogP contribution in [0.15, 0.2) is 30.0 Å². The molecule has 0 spiro atoms. The second-order valence-electron chi connectivity index (χ2n) is 12.7. The van der Waals surface area contributed by atoms with E-state index < -0.39 is 16.1 Å². The van der Waals surface area contributed by atoms with Crippen LogP contribution in [0.1, 0.15) is 44.2 Å². The van der Waals surface area contributed by atoms with Crippen molar-refractivity contribution in [2.45, 2.75) is 89.9 Å². The first kappa shape index (κ1) is 30.5. The molecule has 0 bridgehead atoms. The molecular weight excluding hydrogens is 513 g/mol. The van der Waals surface area contributed by atoms with Crippen molar-refractivity contribution < 1.29 is 19.0 Å². The number of nitrogens with zero attached hydrogens (tertiary/aromatic N) is 4. The van der Waals surface area contributed by atoms with Crippen LogP contribution < -0.4 is 4.90 Å². The molecule has 10 heteroatoms. The Morgan fingerprint density at radius 1 is 1.11 bits per heavy atom. The number of fused-ring (bicyclic) bond motifs is 1. The maximum atomic E-state index is 12.1. The number of hydrogen-bond acceptors (Lipinski definition) is 7. The third-order valence-electron chi connectivity index (χ3n) is 6.76. The van der Waals surface area contributed by atoms with E-state index in [2.05, 4.69) is 55.3 Å². The zero-order chi connectivity index (χ0) is 27.8. The number of rotatable bonds is 14. The SMILES string of the molecule is CCOC(=O)C=C1CCCC(c2cc(N(COCC[Si](C)(C)C)COCC[Si](C)(C)C)n3nccc3n2)C1. The molecular formula is C28H48N4O4Si2. The van der Waals surface area contributed by atoms with Crippen LogP contribution in [0, 0.1) is 0 Å². The molecule has 3 rings (SSSR count). The Morgan fingerprint density at radius 3 is 2.37 bits per heavy atom. The molecule has 1 atom stereocenters. The molecule has 8 nitrogen and oxygen atoms in total. The van der Waals surface area contributed by atoms with Crippen molar-refractivity contribution in [3.05, 3.63) is 35.7 Å². The highest BCUT2D eigenvalue weighted by molar-refractivity contribution is 6.76. The first-order valence-electron chi connectivity index (χ1n) is 14.1. The fourth-order valence-electron chi connectivity index (χ4n) is 4.46. The van der Waals surface area contributed by atoms with Crippen LogP contribution in [0.2, 0.25) is 51.4 Å². The molecule has 2 aromatic heterocycles. The molecule has 1 unspecified atom stereocenters. The van der Waals surface area contributed by atoms with Gasteiger partial charge in [0.05, 0.1) is 12.8 Å². The van der Waals surface area contributed by atoms with E-state index in [1.807, 2.05) is 17.5 Å². The molecule has 0 radical (unpaired) electrons. The van der Waals surface area contributed by atoms with Gasteiger partial charge >= 0.3 is 5.97 Å². The molecule has 2 aromatic rings. The van der Waals surface area contributed by atoms with E-state index in [4.69, 9.17) is 19.2 Å².